The van der Waals surface area contributed by atoms with Crippen LogP contribution in [0.1, 0.15) is 75.7 Å². The van der Waals surface area contributed by atoms with Gasteiger partial charge in [0.1, 0.15) is 18.8 Å². The normalized spacial score (nSPS) is 13.5. The fourth-order valence-electron chi connectivity index (χ4n) is 4.36. The maximum Gasteiger partial charge on any atom is 0.303 e. The number of carbonyl (C=O) groups excluding carboxylic acids is 3. The molecule has 0 aromatic rings. The summed E-state index contributed by atoms with van der Waals surface area (Å²) in [5, 5.41) is 0. The highest BCUT2D eigenvalue weighted by atomic mass is 28.4. The largest absolute Gasteiger partial charge is 0.461 e. The zero-order chi connectivity index (χ0) is 30.1. The number of Topliss-reactive ketones (excluding diaryl/α,β-unsaturated/α-hetero) is 1. The van der Waals surface area contributed by atoms with Crippen LogP contribution >= 0.6 is 0 Å². The van der Waals surface area contributed by atoms with Crippen molar-refractivity contribution >= 4 is 34.4 Å². The first-order valence-electron chi connectivity index (χ1n) is 14.4. The minimum Gasteiger partial charge on any atom is -0.461 e. The molecule has 0 aliphatic carbocycles. The summed E-state index contributed by atoms with van der Waals surface area (Å²) in [6.07, 6.45) is 1.90. The van der Waals surface area contributed by atoms with E-state index in [1.165, 1.54) is 13.8 Å². The van der Waals surface area contributed by atoms with Crippen LogP contribution in [0.4, 0.5) is 0 Å². The van der Waals surface area contributed by atoms with Gasteiger partial charge in [-0.05, 0) is 62.1 Å². The molecule has 0 aliphatic rings. The van der Waals surface area contributed by atoms with Crippen LogP contribution in [-0.2, 0) is 32.7 Å². The lowest BCUT2D eigenvalue weighted by Gasteiger charge is -2.33. The first-order chi connectivity index (χ1) is 18.4. The zero-order valence-electron chi connectivity index (χ0n) is 26.0. The van der Waals surface area contributed by atoms with Crippen LogP contribution in [0.3, 0.4) is 0 Å². The van der Waals surface area contributed by atoms with Crippen LogP contribution in [0, 0.1) is 11.8 Å². The highest BCUT2D eigenvalue weighted by molar-refractivity contribution is 6.74. The van der Waals surface area contributed by atoms with Crippen molar-refractivity contribution in [1.82, 2.24) is 0 Å². The number of carbonyl (C=O) groups is 3. The second kappa shape index (κ2) is 19.1. The predicted octanol–water partition coefficient (Wildman–Crippen LogP) is 6.75. The maximum atomic E-state index is 13.4. The number of allylic oxidation sites excluding steroid dienone is 2. The van der Waals surface area contributed by atoms with E-state index < -0.39 is 40.8 Å². The van der Waals surface area contributed by atoms with E-state index in [4.69, 9.17) is 18.3 Å². The Bertz CT molecular complexity index is 885. The lowest BCUT2D eigenvalue weighted by molar-refractivity contribution is -0.147. The van der Waals surface area contributed by atoms with E-state index in [2.05, 4.69) is 53.4 Å². The van der Waals surface area contributed by atoms with Crippen LogP contribution in [-0.4, -0.2) is 59.8 Å². The Kier molecular flexibility index (Phi) is 18.2. The van der Waals surface area contributed by atoms with Crippen molar-refractivity contribution in [3.63, 3.8) is 0 Å². The van der Waals surface area contributed by atoms with Crippen LogP contribution < -0.4 is 0 Å². The summed E-state index contributed by atoms with van der Waals surface area (Å²) in [4.78, 5) is 37.2. The molecule has 0 aromatic carbocycles. The second-order valence-corrected chi connectivity index (χ2v) is 19.7. The van der Waals surface area contributed by atoms with Crippen molar-refractivity contribution in [3.8, 4) is 11.8 Å². The third kappa shape index (κ3) is 13.8. The first kappa shape index (κ1) is 37.0. The van der Waals surface area contributed by atoms with Gasteiger partial charge >= 0.3 is 11.9 Å². The van der Waals surface area contributed by atoms with E-state index in [1.807, 2.05) is 19.9 Å². The van der Waals surface area contributed by atoms with E-state index in [0.717, 1.165) is 41.8 Å². The van der Waals surface area contributed by atoms with Crippen molar-refractivity contribution in [3.05, 3.63) is 23.3 Å². The zero-order valence-corrected chi connectivity index (χ0v) is 28.0. The quantitative estimate of drug-likeness (QED) is 0.0583. The molecule has 9 heteroatoms. The smallest absolute Gasteiger partial charge is 0.303 e. The van der Waals surface area contributed by atoms with Gasteiger partial charge in [-0.2, -0.15) is 0 Å². The number of hydrogen-bond acceptors (Lipinski definition) is 7. The van der Waals surface area contributed by atoms with Gasteiger partial charge in [-0.3, -0.25) is 14.4 Å². The molecule has 0 N–H and O–H groups in total. The van der Waals surface area contributed by atoms with Crippen LogP contribution in [0.15, 0.2) is 23.3 Å². The molecule has 39 heavy (non-hydrogen) atoms. The molecule has 2 atom stereocenters. The summed E-state index contributed by atoms with van der Waals surface area (Å²) in [7, 11) is -4.09. The number of rotatable bonds is 18. The number of esters is 2. The Labute approximate surface area is 239 Å². The number of ether oxygens (including phenoxy) is 2. The van der Waals surface area contributed by atoms with E-state index in [1.54, 1.807) is 6.08 Å². The number of ketones is 1. The summed E-state index contributed by atoms with van der Waals surface area (Å²) in [5.74, 6) is 4.23. The van der Waals surface area contributed by atoms with Gasteiger partial charge in [0, 0.05) is 25.8 Å². The molecule has 0 aromatic heterocycles. The molecule has 0 bridgehead atoms. The third-order valence-corrected chi connectivity index (χ3v) is 16.7. The predicted molar refractivity (Wildman–Crippen MR) is 162 cm³/mol. The molecular formula is C30H52O7Si2. The van der Waals surface area contributed by atoms with Gasteiger partial charge in [0.25, 0.3) is 0 Å². The Hall–Kier alpha value is -2.00. The molecule has 0 saturated carbocycles. The number of hydrogen-bond donors (Lipinski definition) is 0. The van der Waals surface area contributed by atoms with Gasteiger partial charge in [-0.15, -0.1) is 0 Å². The molecule has 7 nitrogen and oxygen atoms in total. The highest BCUT2D eigenvalue weighted by Crippen LogP contribution is 2.27. The fraction of sp³-hybridized carbons (Fsp3) is 0.700. The van der Waals surface area contributed by atoms with Gasteiger partial charge in [-0.1, -0.05) is 59.1 Å². The molecule has 0 saturated heterocycles. The Morgan fingerprint density at radius 3 is 1.74 bits per heavy atom. The fourth-order valence-corrected chi connectivity index (χ4v) is 9.72. The molecule has 0 fully saturated rings. The average molecular weight is 581 g/mol. The van der Waals surface area contributed by atoms with Gasteiger partial charge in [0.15, 0.2) is 16.6 Å². The van der Waals surface area contributed by atoms with E-state index in [0.29, 0.717) is 12.2 Å². The van der Waals surface area contributed by atoms with Crippen molar-refractivity contribution in [2.45, 2.75) is 124 Å². The average Bonchev–Trinajstić information content (AvgIpc) is 2.90. The minimum absolute atomic E-state index is 0.0716. The lowest BCUT2D eigenvalue weighted by atomic mass is 10.0. The molecule has 0 aliphatic heterocycles. The summed E-state index contributed by atoms with van der Waals surface area (Å²) in [6.45, 7) is 19.4. The summed E-state index contributed by atoms with van der Waals surface area (Å²) < 4.78 is 24.1. The maximum absolute atomic E-state index is 13.4. The Morgan fingerprint density at radius 1 is 0.769 bits per heavy atom. The van der Waals surface area contributed by atoms with Crippen LogP contribution in [0.2, 0.25) is 36.3 Å². The molecule has 0 radical (unpaired) electrons. The molecule has 222 valence electrons. The minimum atomic E-state index is -2.22. The Balaban J connectivity index is 6.50. The SMILES string of the molecule is CC[Si](CC)(CC)OC/C=C(\COC(C)=O)[C@H](C[C@H](O[Si](CC)(CC)CC)C(=O)C#CC=C(C)C)OC(C)=O. The highest BCUT2D eigenvalue weighted by Gasteiger charge is 2.37. The van der Waals surface area contributed by atoms with Gasteiger partial charge < -0.3 is 18.3 Å². The summed E-state index contributed by atoms with van der Waals surface area (Å²) in [5.41, 5.74) is 1.56. The van der Waals surface area contributed by atoms with Crippen LogP contribution in [0.25, 0.3) is 0 Å². The van der Waals surface area contributed by atoms with Crippen molar-refractivity contribution in [2.24, 2.45) is 0 Å². The van der Waals surface area contributed by atoms with Crippen molar-refractivity contribution in [2.75, 3.05) is 13.2 Å². The van der Waals surface area contributed by atoms with Gasteiger partial charge in [0.05, 0.1) is 6.61 Å². The van der Waals surface area contributed by atoms with Gasteiger partial charge in [-0.25, -0.2) is 0 Å². The van der Waals surface area contributed by atoms with Crippen LogP contribution in [0.5, 0.6) is 0 Å². The van der Waals surface area contributed by atoms with E-state index in [9.17, 15) is 14.4 Å². The lowest BCUT2D eigenvalue weighted by Crippen LogP contribution is -2.44. The monoisotopic (exact) mass is 580 g/mol. The summed E-state index contributed by atoms with van der Waals surface area (Å²) >= 11 is 0. The molecule has 0 unspecified atom stereocenters. The van der Waals surface area contributed by atoms with Gasteiger partial charge in [0.2, 0.25) is 5.78 Å². The standard InChI is InChI=1S/C30H52O7Si2/c1-11-38(12-2,13-3)35-21-20-27(23-34-25(9)31)29(36-26(10)32)22-30(28(33)19-17-18-24(7)8)37-39(14-4,15-5)16-6/h18,20,29-30H,11-16,21-23H2,1-10H3/b27-20+/t29-,30-/m0/s1. The summed E-state index contributed by atoms with van der Waals surface area (Å²) in [6, 6.07) is 5.54. The molecule has 0 amide bonds. The van der Waals surface area contributed by atoms with E-state index in [-0.39, 0.29) is 18.8 Å². The van der Waals surface area contributed by atoms with Crippen molar-refractivity contribution in [1.29, 1.82) is 0 Å². The molecule has 0 heterocycles. The third-order valence-electron chi connectivity index (χ3n) is 7.43. The first-order valence-corrected chi connectivity index (χ1v) is 19.4. The Morgan fingerprint density at radius 2 is 1.31 bits per heavy atom. The van der Waals surface area contributed by atoms with Crippen molar-refractivity contribution < 1.29 is 32.7 Å². The van der Waals surface area contributed by atoms with E-state index >= 15 is 0 Å². The molecular weight excluding hydrogens is 528 g/mol. The molecule has 0 spiro atoms. The topological polar surface area (TPSA) is 88.1 Å². The second-order valence-electron chi connectivity index (χ2n) is 10.2. The molecule has 0 rings (SSSR count).